The minimum absolute atomic E-state index is 0.0252. The maximum absolute atomic E-state index is 11.2. The van der Waals surface area contributed by atoms with Crippen molar-refractivity contribution in [3.63, 3.8) is 0 Å². The Kier molecular flexibility index (Phi) is 1.89. The van der Waals surface area contributed by atoms with Crippen LogP contribution in [0.3, 0.4) is 0 Å². The van der Waals surface area contributed by atoms with Crippen LogP contribution in [0.25, 0.3) is 11.1 Å². The molecule has 3 nitrogen and oxygen atoms in total. The van der Waals surface area contributed by atoms with E-state index in [-0.39, 0.29) is 11.3 Å². The maximum Gasteiger partial charge on any atom is 0.249 e. The van der Waals surface area contributed by atoms with E-state index in [2.05, 4.69) is 0 Å². The predicted molar refractivity (Wildman–Crippen MR) is 56.2 cm³/mol. The van der Waals surface area contributed by atoms with E-state index in [1.165, 1.54) is 0 Å². The van der Waals surface area contributed by atoms with Gasteiger partial charge >= 0.3 is 0 Å². The molecule has 0 saturated heterocycles. The van der Waals surface area contributed by atoms with Gasteiger partial charge in [0.1, 0.15) is 0 Å². The minimum Gasteiger partial charge on any atom is -0.395 e. The normalized spacial score (nSPS) is 10.6. The Labute approximate surface area is 84.4 Å². The molecule has 2 aromatic carbocycles. The van der Waals surface area contributed by atoms with Crippen LogP contribution in [-0.4, -0.2) is 0 Å². The van der Waals surface area contributed by atoms with Gasteiger partial charge in [0.25, 0.3) is 0 Å². The molecule has 2 N–H and O–H groups in total. The van der Waals surface area contributed by atoms with Gasteiger partial charge in [0.2, 0.25) is 10.9 Å². The molecule has 0 amide bonds. The summed E-state index contributed by atoms with van der Waals surface area (Å²) in [4.78, 5) is 22.0. The molecule has 2 rings (SSSR count). The zero-order chi connectivity index (χ0) is 10.3. The standard InChI is InChI=1S/C10H6ClNO2/c11-6-3-1-2-5(4-6)7-8(12)10(14)9(7)13/h1-4H,12H2. The van der Waals surface area contributed by atoms with E-state index < -0.39 is 10.9 Å². The summed E-state index contributed by atoms with van der Waals surface area (Å²) in [6.07, 6.45) is 0. The second kappa shape index (κ2) is 2.96. The zero-order valence-corrected chi connectivity index (χ0v) is 7.84. The zero-order valence-electron chi connectivity index (χ0n) is 7.08. The van der Waals surface area contributed by atoms with Gasteiger partial charge in [0, 0.05) is 5.02 Å². The molecule has 0 atom stereocenters. The minimum atomic E-state index is -0.611. The molecule has 0 bridgehead atoms. The highest BCUT2D eigenvalue weighted by molar-refractivity contribution is 6.30. The van der Waals surface area contributed by atoms with Crippen LogP contribution in [0.15, 0.2) is 33.9 Å². The molecule has 14 heavy (non-hydrogen) atoms. The summed E-state index contributed by atoms with van der Waals surface area (Å²) < 4.78 is 0. The summed E-state index contributed by atoms with van der Waals surface area (Å²) >= 11 is 5.74. The highest BCUT2D eigenvalue weighted by Crippen LogP contribution is 2.23. The molecule has 0 aliphatic heterocycles. The van der Waals surface area contributed by atoms with Crippen LogP contribution >= 0.6 is 11.6 Å². The first-order valence-corrected chi connectivity index (χ1v) is 4.34. The Morgan fingerprint density at radius 3 is 2.43 bits per heavy atom. The van der Waals surface area contributed by atoms with Crippen molar-refractivity contribution >= 4 is 17.3 Å². The molecule has 0 fully saturated rings. The third-order valence-corrected chi connectivity index (χ3v) is 2.30. The van der Waals surface area contributed by atoms with Crippen LogP contribution in [-0.2, 0) is 0 Å². The highest BCUT2D eigenvalue weighted by atomic mass is 35.5. The first-order chi connectivity index (χ1) is 6.61. The molecule has 0 saturated carbocycles. The lowest BCUT2D eigenvalue weighted by Gasteiger charge is -2.06. The predicted octanol–water partition coefficient (Wildman–Crippen LogP) is 1.19. The fraction of sp³-hybridized carbons (Fsp3) is 0. The molecule has 2 aromatic rings. The number of halogens is 1. The maximum atomic E-state index is 11.2. The molecule has 0 heterocycles. The molecule has 4 heteroatoms. The quantitative estimate of drug-likeness (QED) is 0.715. The van der Waals surface area contributed by atoms with Crippen molar-refractivity contribution in [2.45, 2.75) is 0 Å². The Bertz CT molecular complexity index is 567. The lowest BCUT2D eigenvalue weighted by atomic mass is 9.99. The van der Waals surface area contributed by atoms with Crippen molar-refractivity contribution in [3.8, 4) is 11.1 Å². The fourth-order valence-corrected chi connectivity index (χ4v) is 1.53. The third kappa shape index (κ3) is 1.14. The molecule has 0 radical (unpaired) electrons. The number of hydrogen-bond acceptors (Lipinski definition) is 3. The van der Waals surface area contributed by atoms with Gasteiger partial charge in [-0.25, -0.2) is 0 Å². The monoisotopic (exact) mass is 207 g/mol. The molecular formula is C10H6ClNO2. The molecule has 70 valence electrons. The van der Waals surface area contributed by atoms with Crippen LogP contribution in [0, 0.1) is 0 Å². The molecule has 0 unspecified atom stereocenters. The van der Waals surface area contributed by atoms with E-state index in [4.69, 9.17) is 17.3 Å². The van der Waals surface area contributed by atoms with Crippen molar-refractivity contribution in [1.82, 2.24) is 0 Å². The lowest BCUT2D eigenvalue weighted by molar-refractivity contribution is 1.41. The van der Waals surface area contributed by atoms with Crippen molar-refractivity contribution in [2.75, 3.05) is 5.73 Å². The number of rotatable bonds is 1. The summed E-state index contributed by atoms with van der Waals surface area (Å²) in [6, 6.07) is 6.69. The molecule has 0 aliphatic rings. The largest absolute Gasteiger partial charge is 0.395 e. The van der Waals surface area contributed by atoms with Crippen LogP contribution in [0.5, 0.6) is 0 Å². The molecular weight excluding hydrogens is 202 g/mol. The Balaban J connectivity index is 2.63. The summed E-state index contributed by atoms with van der Waals surface area (Å²) in [6.45, 7) is 0. The number of hydrogen-bond donors (Lipinski definition) is 1. The number of nitrogens with two attached hydrogens (primary N) is 1. The average molecular weight is 208 g/mol. The van der Waals surface area contributed by atoms with E-state index in [1.54, 1.807) is 24.3 Å². The van der Waals surface area contributed by atoms with Gasteiger partial charge in [-0.2, -0.15) is 0 Å². The van der Waals surface area contributed by atoms with Crippen LogP contribution in [0.4, 0.5) is 5.69 Å². The van der Waals surface area contributed by atoms with Gasteiger partial charge < -0.3 is 5.73 Å². The summed E-state index contributed by atoms with van der Waals surface area (Å²) in [5.41, 5.74) is 5.15. The SMILES string of the molecule is Nc1c(-c2cccc(Cl)c2)c(=O)c1=O. The lowest BCUT2D eigenvalue weighted by Crippen LogP contribution is -2.35. The Morgan fingerprint density at radius 1 is 1.14 bits per heavy atom. The average Bonchev–Trinajstić information content (AvgIpc) is 2.18. The van der Waals surface area contributed by atoms with Gasteiger partial charge in [-0.05, 0) is 17.7 Å². The van der Waals surface area contributed by atoms with E-state index in [0.29, 0.717) is 10.6 Å². The van der Waals surface area contributed by atoms with Crippen LogP contribution < -0.4 is 16.6 Å². The van der Waals surface area contributed by atoms with E-state index >= 15 is 0 Å². The fourth-order valence-electron chi connectivity index (χ4n) is 1.34. The Hall–Kier alpha value is -1.61. The third-order valence-electron chi connectivity index (χ3n) is 2.06. The second-order valence-electron chi connectivity index (χ2n) is 2.96. The summed E-state index contributed by atoms with van der Waals surface area (Å²) in [7, 11) is 0. The topological polar surface area (TPSA) is 60.2 Å². The van der Waals surface area contributed by atoms with Crippen molar-refractivity contribution < 1.29 is 0 Å². The van der Waals surface area contributed by atoms with Crippen molar-refractivity contribution in [1.29, 1.82) is 0 Å². The van der Waals surface area contributed by atoms with Crippen LogP contribution in [0.2, 0.25) is 5.02 Å². The molecule has 0 aromatic heterocycles. The highest BCUT2D eigenvalue weighted by Gasteiger charge is 2.19. The smallest absolute Gasteiger partial charge is 0.249 e. The van der Waals surface area contributed by atoms with Gasteiger partial charge in [-0.1, -0.05) is 23.7 Å². The van der Waals surface area contributed by atoms with Crippen molar-refractivity contribution in [2.24, 2.45) is 0 Å². The first-order valence-electron chi connectivity index (χ1n) is 3.96. The van der Waals surface area contributed by atoms with Gasteiger partial charge in [0.15, 0.2) is 0 Å². The van der Waals surface area contributed by atoms with Gasteiger partial charge in [0.05, 0.1) is 11.3 Å². The first kappa shape index (κ1) is 8.97. The van der Waals surface area contributed by atoms with Gasteiger partial charge in [-0.3, -0.25) is 9.59 Å². The Morgan fingerprint density at radius 2 is 1.86 bits per heavy atom. The summed E-state index contributed by atoms with van der Waals surface area (Å²) in [5, 5.41) is 0.509. The van der Waals surface area contributed by atoms with E-state index in [0.717, 1.165) is 0 Å². The number of anilines is 1. The van der Waals surface area contributed by atoms with Crippen molar-refractivity contribution in [3.05, 3.63) is 49.7 Å². The van der Waals surface area contributed by atoms with E-state index in [1.807, 2.05) is 0 Å². The second-order valence-corrected chi connectivity index (χ2v) is 3.39. The summed E-state index contributed by atoms with van der Waals surface area (Å²) in [5.74, 6) is 0. The number of benzene rings is 1. The van der Waals surface area contributed by atoms with Gasteiger partial charge in [-0.15, -0.1) is 0 Å². The molecule has 0 spiro atoms. The number of nitrogen functional groups attached to an aromatic ring is 1. The van der Waals surface area contributed by atoms with E-state index in [9.17, 15) is 9.59 Å². The molecule has 0 aliphatic carbocycles. The van der Waals surface area contributed by atoms with Crippen LogP contribution in [0.1, 0.15) is 0 Å².